The molecule has 0 aliphatic heterocycles. The van der Waals surface area contributed by atoms with Crippen LogP contribution >= 0.6 is 27.3 Å². The summed E-state index contributed by atoms with van der Waals surface area (Å²) in [5.74, 6) is -1.08. The Bertz CT molecular complexity index is 672. The van der Waals surface area contributed by atoms with Crippen molar-refractivity contribution in [3.8, 4) is 0 Å². The van der Waals surface area contributed by atoms with Crippen LogP contribution in [0.3, 0.4) is 0 Å². The quantitative estimate of drug-likeness (QED) is 0.289. The molecule has 2 rings (SSSR count). The lowest BCUT2D eigenvalue weighted by molar-refractivity contribution is -0.137. The number of aliphatic carboxylic acids is 1. The van der Waals surface area contributed by atoms with Gasteiger partial charge in [0.25, 0.3) is 0 Å². The highest BCUT2D eigenvalue weighted by Gasteiger charge is 2.39. The molecule has 0 bridgehead atoms. The molecule has 0 saturated heterocycles. The third kappa shape index (κ3) is 7.79. The Morgan fingerprint density at radius 3 is 2.75 bits per heavy atom. The van der Waals surface area contributed by atoms with Crippen LogP contribution in [0.1, 0.15) is 43.4 Å². The predicted octanol–water partition coefficient (Wildman–Crippen LogP) is 3.92. The van der Waals surface area contributed by atoms with Crippen molar-refractivity contribution in [2.75, 3.05) is 0 Å². The lowest BCUT2D eigenvalue weighted by Crippen LogP contribution is -2.20. The van der Waals surface area contributed by atoms with Gasteiger partial charge in [0.2, 0.25) is 0 Å². The maximum atomic E-state index is 10.5. The molecule has 1 aliphatic carbocycles. The first kappa shape index (κ1) is 23.3. The van der Waals surface area contributed by atoms with Gasteiger partial charge in [-0.3, -0.25) is 4.79 Å². The van der Waals surface area contributed by atoms with E-state index in [1.807, 2.05) is 30.4 Å². The van der Waals surface area contributed by atoms with Crippen LogP contribution in [-0.2, 0) is 11.2 Å². The van der Waals surface area contributed by atoms with E-state index in [1.54, 1.807) is 17.4 Å². The van der Waals surface area contributed by atoms with Gasteiger partial charge in [0.05, 0.1) is 22.1 Å². The fourth-order valence-corrected chi connectivity index (χ4v) is 5.08. The number of carbonyl (C=O) groups is 1. The standard InChI is InChI=1S/C21H29BrO5S/c22-20-12-10-15(28-20)9-7-14(23)8-11-17-16(18(24)13-19(17)25)5-3-1-2-4-6-21(26)27/h1,3,8,10-12,14,16-19,23-25H,2,4-7,9,13H2,(H,26,27)/b3-1+,11-8+. The maximum absolute atomic E-state index is 10.5. The van der Waals surface area contributed by atoms with Crippen molar-refractivity contribution in [1.29, 1.82) is 0 Å². The fourth-order valence-electron chi connectivity index (χ4n) is 3.58. The Labute approximate surface area is 178 Å². The Hall–Kier alpha value is -0.990. The number of aliphatic hydroxyl groups excluding tert-OH is 3. The molecule has 5 atom stereocenters. The van der Waals surface area contributed by atoms with Gasteiger partial charge in [-0.15, -0.1) is 11.3 Å². The van der Waals surface area contributed by atoms with E-state index in [0.717, 1.165) is 10.2 Å². The van der Waals surface area contributed by atoms with Crippen molar-refractivity contribution >= 4 is 33.2 Å². The third-order valence-corrected chi connectivity index (χ3v) is 6.81. The average Bonchev–Trinajstić information content (AvgIpc) is 3.16. The number of unbranched alkanes of at least 4 members (excludes halogenated alkanes) is 1. The minimum Gasteiger partial charge on any atom is -0.481 e. The molecule has 156 valence electrons. The molecule has 1 aromatic heterocycles. The number of thiophene rings is 1. The number of carboxylic acid groups (broad SMARTS) is 1. The average molecular weight is 473 g/mol. The first-order chi connectivity index (χ1) is 13.4. The fraction of sp³-hybridized carbons (Fsp3) is 0.571. The normalized spacial score (nSPS) is 26.4. The second-order valence-corrected chi connectivity index (χ2v) is 9.85. The van der Waals surface area contributed by atoms with Gasteiger partial charge in [0.1, 0.15) is 0 Å². The molecule has 0 amide bonds. The van der Waals surface area contributed by atoms with Crippen LogP contribution in [0.4, 0.5) is 0 Å². The predicted molar refractivity (Wildman–Crippen MR) is 114 cm³/mol. The molecule has 1 aliphatic rings. The van der Waals surface area contributed by atoms with E-state index in [1.165, 1.54) is 4.88 Å². The second kappa shape index (κ2) is 11.9. The van der Waals surface area contributed by atoms with Gasteiger partial charge in [-0.05, 0) is 66.1 Å². The number of halogens is 1. The first-order valence-corrected chi connectivity index (χ1v) is 11.3. The van der Waals surface area contributed by atoms with Gasteiger partial charge < -0.3 is 20.4 Å². The Kier molecular flexibility index (Phi) is 9.88. The van der Waals surface area contributed by atoms with Crippen LogP contribution in [0.5, 0.6) is 0 Å². The van der Waals surface area contributed by atoms with E-state index in [2.05, 4.69) is 15.9 Å². The zero-order chi connectivity index (χ0) is 20.5. The lowest BCUT2D eigenvalue weighted by atomic mass is 9.89. The Balaban J connectivity index is 1.81. The van der Waals surface area contributed by atoms with Gasteiger partial charge in [0, 0.05) is 23.6 Å². The summed E-state index contributed by atoms with van der Waals surface area (Å²) >= 11 is 5.09. The Morgan fingerprint density at radius 1 is 1.29 bits per heavy atom. The highest BCUT2D eigenvalue weighted by atomic mass is 79.9. The summed E-state index contributed by atoms with van der Waals surface area (Å²) < 4.78 is 1.08. The van der Waals surface area contributed by atoms with Crippen LogP contribution in [0.25, 0.3) is 0 Å². The molecule has 0 spiro atoms. The summed E-state index contributed by atoms with van der Waals surface area (Å²) in [6.45, 7) is 0. The summed E-state index contributed by atoms with van der Waals surface area (Å²) in [5.41, 5.74) is 0. The molecule has 1 aromatic rings. The van der Waals surface area contributed by atoms with Crippen molar-refractivity contribution in [3.63, 3.8) is 0 Å². The van der Waals surface area contributed by atoms with Crippen LogP contribution in [-0.4, -0.2) is 44.7 Å². The van der Waals surface area contributed by atoms with Crippen LogP contribution < -0.4 is 0 Å². The number of allylic oxidation sites excluding steroid dienone is 2. The van der Waals surface area contributed by atoms with Gasteiger partial charge in [-0.2, -0.15) is 0 Å². The second-order valence-electron chi connectivity index (χ2n) is 7.30. The van der Waals surface area contributed by atoms with Crippen molar-refractivity contribution in [1.82, 2.24) is 0 Å². The van der Waals surface area contributed by atoms with E-state index in [9.17, 15) is 20.1 Å². The van der Waals surface area contributed by atoms with Crippen molar-refractivity contribution in [2.24, 2.45) is 11.8 Å². The van der Waals surface area contributed by atoms with E-state index in [4.69, 9.17) is 5.11 Å². The molecule has 1 saturated carbocycles. The summed E-state index contributed by atoms with van der Waals surface area (Å²) in [6, 6.07) is 4.04. The summed E-state index contributed by atoms with van der Waals surface area (Å²) in [5, 5.41) is 39.4. The number of rotatable bonds is 11. The Morgan fingerprint density at radius 2 is 2.07 bits per heavy atom. The highest BCUT2D eigenvalue weighted by Crippen LogP contribution is 2.36. The van der Waals surface area contributed by atoms with E-state index >= 15 is 0 Å². The molecular weight excluding hydrogens is 444 g/mol. The number of aryl methyl sites for hydroxylation is 1. The molecule has 1 heterocycles. The topological polar surface area (TPSA) is 98.0 Å². The first-order valence-electron chi connectivity index (χ1n) is 9.70. The highest BCUT2D eigenvalue weighted by molar-refractivity contribution is 9.11. The van der Waals surface area contributed by atoms with Crippen LogP contribution in [0, 0.1) is 11.8 Å². The van der Waals surface area contributed by atoms with Crippen molar-refractivity contribution < 1.29 is 25.2 Å². The van der Waals surface area contributed by atoms with Crippen molar-refractivity contribution in [2.45, 2.75) is 63.3 Å². The number of aliphatic hydroxyl groups is 3. The molecule has 4 N–H and O–H groups in total. The van der Waals surface area contributed by atoms with E-state index < -0.39 is 24.3 Å². The summed E-state index contributed by atoms with van der Waals surface area (Å²) in [6.07, 6.45) is 9.51. The van der Waals surface area contributed by atoms with Gasteiger partial charge in [0.15, 0.2) is 0 Å². The molecule has 28 heavy (non-hydrogen) atoms. The molecule has 0 radical (unpaired) electrons. The smallest absolute Gasteiger partial charge is 0.303 e. The molecule has 7 heteroatoms. The van der Waals surface area contributed by atoms with Crippen LogP contribution in [0.2, 0.25) is 0 Å². The van der Waals surface area contributed by atoms with Gasteiger partial charge in [-0.1, -0.05) is 24.3 Å². The third-order valence-electron chi connectivity index (χ3n) is 5.12. The number of hydrogen-bond donors (Lipinski definition) is 4. The molecule has 1 fully saturated rings. The zero-order valence-corrected chi connectivity index (χ0v) is 18.2. The number of hydrogen-bond acceptors (Lipinski definition) is 5. The minimum absolute atomic E-state index is 0.0950. The van der Waals surface area contributed by atoms with E-state index in [-0.39, 0.29) is 18.3 Å². The van der Waals surface area contributed by atoms with Crippen LogP contribution in [0.15, 0.2) is 40.2 Å². The minimum atomic E-state index is -0.793. The molecule has 0 aromatic carbocycles. The van der Waals surface area contributed by atoms with Crippen molar-refractivity contribution in [3.05, 3.63) is 45.1 Å². The molecule has 5 nitrogen and oxygen atoms in total. The largest absolute Gasteiger partial charge is 0.481 e. The summed E-state index contributed by atoms with van der Waals surface area (Å²) in [7, 11) is 0. The number of carboxylic acids is 1. The molecule has 5 unspecified atom stereocenters. The lowest BCUT2D eigenvalue weighted by Gasteiger charge is -2.19. The van der Waals surface area contributed by atoms with Gasteiger partial charge in [-0.25, -0.2) is 0 Å². The summed E-state index contributed by atoms with van der Waals surface area (Å²) in [4.78, 5) is 11.7. The monoisotopic (exact) mass is 472 g/mol. The zero-order valence-electron chi connectivity index (χ0n) is 15.8. The SMILES string of the molecule is O=C(O)CCC/C=C/CC1C(O)CC(O)C1/C=C/C(O)CCc1ccc(Br)s1. The molecular formula is C21H29BrO5S. The van der Waals surface area contributed by atoms with E-state index in [0.29, 0.717) is 32.1 Å². The van der Waals surface area contributed by atoms with Gasteiger partial charge >= 0.3 is 5.97 Å². The maximum Gasteiger partial charge on any atom is 0.303 e.